The number of fused-ring (bicyclic) bond motifs is 1. The summed E-state index contributed by atoms with van der Waals surface area (Å²) in [6.07, 6.45) is -4.43. The minimum Gasteiger partial charge on any atom is -0.368 e. The number of pyridine rings is 1. The van der Waals surface area contributed by atoms with E-state index in [2.05, 4.69) is 14.7 Å². The molecule has 0 spiro atoms. The number of aromatic nitrogens is 2. The van der Waals surface area contributed by atoms with Gasteiger partial charge in [0.25, 0.3) is 5.91 Å². The number of hydrogen-bond acceptors (Lipinski definition) is 5. The normalized spacial score (nSPS) is 17.0. The molecule has 4 rings (SSSR count). The Kier molecular flexibility index (Phi) is 5.00. The number of rotatable bonds is 3. The van der Waals surface area contributed by atoms with Crippen LogP contribution in [0.25, 0.3) is 10.2 Å². The molecule has 0 aliphatic carbocycles. The molecule has 0 unspecified atom stereocenters. The van der Waals surface area contributed by atoms with Gasteiger partial charge < -0.3 is 15.2 Å². The molecular weight excluding hydrogens is 424 g/mol. The number of anilines is 2. The van der Waals surface area contributed by atoms with E-state index >= 15 is 0 Å². The molecule has 162 valence electrons. The van der Waals surface area contributed by atoms with Crippen LogP contribution < -0.4 is 15.6 Å². The fourth-order valence-electron chi connectivity index (χ4n) is 3.46. The highest BCUT2D eigenvalue weighted by Gasteiger charge is 2.35. The van der Waals surface area contributed by atoms with Gasteiger partial charge in [-0.25, -0.2) is 4.39 Å². The van der Waals surface area contributed by atoms with Crippen LogP contribution in [0.2, 0.25) is 0 Å². The second kappa shape index (κ2) is 7.38. The summed E-state index contributed by atoms with van der Waals surface area (Å²) in [5.41, 5.74) is -1.82. The molecule has 0 bridgehead atoms. The first-order chi connectivity index (χ1) is 14.1. The second-order valence-corrected chi connectivity index (χ2v) is 7.79. The number of benzene rings is 1. The number of aryl methyl sites for hydroxylation is 1. The molecule has 30 heavy (non-hydrogen) atoms. The van der Waals surface area contributed by atoms with Crippen molar-refractivity contribution < 1.29 is 25.2 Å². The average Bonchev–Trinajstić information content (AvgIpc) is 3.28. The minimum absolute atomic E-state index is 0. The first-order valence-electron chi connectivity index (χ1n) is 9.04. The molecule has 3 heterocycles. The van der Waals surface area contributed by atoms with Crippen molar-refractivity contribution in [3.8, 4) is 0 Å². The van der Waals surface area contributed by atoms with E-state index < -0.39 is 34.9 Å². The molecule has 2 aromatic heterocycles. The van der Waals surface area contributed by atoms with Crippen LogP contribution in [0.1, 0.15) is 30.9 Å². The predicted molar refractivity (Wildman–Crippen MR) is 110 cm³/mol. The van der Waals surface area contributed by atoms with Crippen molar-refractivity contribution in [3.63, 3.8) is 0 Å². The third kappa shape index (κ3) is 3.64. The molecule has 0 saturated carbocycles. The second-order valence-electron chi connectivity index (χ2n) is 7.02. The Morgan fingerprint density at radius 3 is 2.83 bits per heavy atom. The van der Waals surface area contributed by atoms with Crippen molar-refractivity contribution in [1.29, 1.82) is 0 Å². The van der Waals surface area contributed by atoms with E-state index in [1.165, 1.54) is 11.0 Å². The van der Waals surface area contributed by atoms with Gasteiger partial charge in [-0.1, -0.05) is 0 Å². The zero-order chi connectivity index (χ0) is 21.6. The van der Waals surface area contributed by atoms with Gasteiger partial charge >= 0.3 is 6.18 Å². The number of nitrogens with one attached hydrogen (secondary N) is 2. The van der Waals surface area contributed by atoms with Gasteiger partial charge in [0, 0.05) is 27.8 Å². The van der Waals surface area contributed by atoms with Gasteiger partial charge in [-0.15, -0.1) is 0 Å². The Balaban J connectivity index is 0.00000181. The lowest BCUT2D eigenvalue weighted by atomic mass is 10.1. The zero-order valence-electron chi connectivity index (χ0n) is 15.6. The Morgan fingerprint density at radius 1 is 1.40 bits per heavy atom. The van der Waals surface area contributed by atoms with Crippen LogP contribution >= 0.6 is 11.5 Å². The minimum atomic E-state index is -4.75. The van der Waals surface area contributed by atoms with Gasteiger partial charge in [-0.2, -0.15) is 17.5 Å². The molecule has 0 radical (unpaired) electrons. The Labute approximate surface area is 174 Å². The lowest BCUT2D eigenvalue weighted by Gasteiger charge is -2.21. The highest BCUT2D eigenvalue weighted by molar-refractivity contribution is 7.12. The number of amides is 1. The SMILES string of the molecule is Cc1nsc2[nH]cc(C(=O)Nc3ccc(N4CC[C@@H](F)C4)cc3C(F)(F)F)c(=O)c12.[HH].[HH]. The van der Waals surface area contributed by atoms with Gasteiger partial charge in [0.2, 0.25) is 5.43 Å². The number of carbonyl (C=O) groups is 1. The lowest BCUT2D eigenvalue weighted by Crippen LogP contribution is -2.24. The molecule has 6 nitrogen and oxygen atoms in total. The summed E-state index contributed by atoms with van der Waals surface area (Å²) >= 11 is 1.05. The molecular formula is C19H20F4N4O2S. The largest absolute Gasteiger partial charge is 0.418 e. The molecule has 1 amide bonds. The van der Waals surface area contributed by atoms with Crippen LogP contribution in [0.15, 0.2) is 29.2 Å². The molecule has 1 aliphatic rings. The first-order valence-corrected chi connectivity index (χ1v) is 9.82. The molecule has 1 fully saturated rings. The number of H-pyrrole nitrogens is 1. The number of aromatic amines is 1. The van der Waals surface area contributed by atoms with Crippen LogP contribution in [0.4, 0.5) is 28.9 Å². The fourth-order valence-corrected chi connectivity index (χ4v) is 4.22. The summed E-state index contributed by atoms with van der Waals surface area (Å²) in [6, 6.07) is 3.39. The van der Waals surface area contributed by atoms with Crippen molar-refractivity contribution in [2.75, 3.05) is 23.3 Å². The highest BCUT2D eigenvalue weighted by atomic mass is 32.1. The number of halogens is 4. The fraction of sp³-hybridized carbons (Fsp3) is 0.316. The monoisotopic (exact) mass is 444 g/mol. The number of carbonyl (C=O) groups excluding carboxylic acids is 1. The molecule has 11 heteroatoms. The van der Waals surface area contributed by atoms with Crippen LogP contribution in [0.3, 0.4) is 0 Å². The molecule has 1 saturated heterocycles. The van der Waals surface area contributed by atoms with Crippen LogP contribution in [-0.2, 0) is 6.18 Å². The Hall–Kier alpha value is -2.95. The van der Waals surface area contributed by atoms with Gasteiger partial charge in [0.1, 0.15) is 16.6 Å². The Morgan fingerprint density at radius 2 is 2.17 bits per heavy atom. The average molecular weight is 444 g/mol. The van der Waals surface area contributed by atoms with Crippen LogP contribution in [-0.4, -0.2) is 34.5 Å². The quantitative estimate of drug-likeness (QED) is 0.579. The van der Waals surface area contributed by atoms with Crippen LogP contribution in [0, 0.1) is 6.92 Å². The van der Waals surface area contributed by atoms with Gasteiger partial charge in [0.15, 0.2) is 0 Å². The van der Waals surface area contributed by atoms with E-state index in [4.69, 9.17) is 0 Å². The molecule has 1 aromatic carbocycles. The highest BCUT2D eigenvalue weighted by Crippen LogP contribution is 2.38. The van der Waals surface area contributed by atoms with Crippen LogP contribution in [0.5, 0.6) is 0 Å². The first kappa shape index (κ1) is 20.3. The van der Waals surface area contributed by atoms with E-state index in [-0.39, 0.29) is 32.5 Å². The van der Waals surface area contributed by atoms with E-state index in [9.17, 15) is 27.2 Å². The topological polar surface area (TPSA) is 78.1 Å². The number of hydrogen-bond donors (Lipinski definition) is 2. The van der Waals surface area contributed by atoms with Crippen molar-refractivity contribution in [2.45, 2.75) is 25.7 Å². The molecule has 2 N–H and O–H groups in total. The molecule has 1 atom stereocenters. The standard InChI is InChI=1S/C19H16F4N4O2S.2H2/c1-9-15-16(28)12(7-24-18(15)30-26-9)17(29)25-14-3-2-11(6-13(14)19(21,22)23)27-5-4-10(20)8-27;;/h2-3,6-7,10H,4-5,8H2,1H3,(H,24,28)(H,25,29);2*1H/t10-;;/m1../s1. The maximum atomic E-state index is 13.6. The van der Waals surface area contributed by atoms with Crippen molar-refractivity contribution in [3.05, 3.63) is 51.4 Å². The summed E-state index contributed by atoms with van der Waals surface area (Å²) in [5, 5.41) is 2.42. The zero-order valence-corrected chi connectivity index (χ0v) is 16.5. The third-order valence-electron chi connectivity index (χ3n) is 4.98. The van der Waals surface area contributed by atoms with Crippen molar-refractivity contribution in [2.24, 2.45) is 0 Å². The smallest absolute Gasteiger partial charge is 0.368 e. The Bertz CT molecular complexity index is 1200. The molecule has 3 aromatic rings. The third-order valence-corrected chi connectivity index (χ3v) is 5.85. The number of alkyl halides is 4. The van der Waals surface area contributed by atoms with Crippen molar-refractivity contribution >= 4 is 39.0 Å². The summed E-state index contributed by atoms with van der Waals surface area (Å²) in [6.45, 7) is 1.94. The van der Waals surface area contributed by atoms with E-state index in [0.717, 1.165) is 29.9 Å². The maximum absolute atomic E-state index is 13.6. The van der Waals surface area contributed by atoms with Crippen molar-refractivity contribution in [1.82, 2.24) is 9.36 Å². The molecule has 1 aliphatic heterocycles. The summed E-state index contributed by atoms with van der Waals surface area (Å²) < 4.78 is 58.3. The van der Waals surface area contributed by atoms with Gasteiger partial charge in [-0.05, 0) is 43.1 Å². The summed E-state index contributed by atoms with van der Waals surface area (Å²) in [5.74, 6) is -0.966. The van der Waals surface area contributed by atoms with E-state index in [1.807, 2.05) is 0 Å². The summed E-state index contributed by atoms with van der Waals surface area (Å²) in [7, 11) is 0. The van der Waals surface area contributed by atoms with E-state index in [1.54, 1.807) is 6.92 Å². The number of nitrogens with zero attached hydrogens (tertiary/aromatic N) is 2. The maximum Gasteiger partial charge on any atom is 0.418 e. The van der Waals surface area contributed by atoms with E-state index in [0.29, 0.717) is 17.1 Å². The van der Waals surface area contributed by atoms with Gasteiger partial charge in [-0.3, -0.25) is 9.59 Å². The lowest BCUT2D eigenvalue weighted by molar-refractivity contribution is -0.136. The van der Waals surface area contributed by atoms with Gasteiger partial charge in [0.05, 0.1) is 22.3 Å². The summed E-state index contributed by atoms with van der Waals surface area (Å²) in [4.78, 5) is 30.0. The predicted octanol–water partition coefficient (Wildman–Crippen LogP) is 4.60.